The van der Waals surface area contributed by atoms with E-state index in [0.717, 1.165) is 31.5 Å². The zero-order valence-electron chi connectivity index (χ0n) is 13.3. The van der Waals surface area contributed by atoms with Crippen LogP contribution in [-0.2, 0) is 16.0 Å². The van der Waals surface area contributed by atoms with Crippen LogP contribution in [0.5, 0.6) is 0 Å². The molecular formula is C17H23Cl2NO2. The molecule has 1 aliphatic rings. The van der Waals surface area contributed by atoms with Gasteiger partial charge in [-0.1, -0.05) is 29.3 Å². The molecule has 1 aliphatic heterocycles. The molecule has 0 spiro atoms. The number of benzene rings is 1. The number of rotatable bonds is 3. The van der Waals surface area contributed by atoms with Crippen molar-refractivity contribution < 1.29 is 9.53 Å². The van der Waals surface area contributed by atoms with E-state index in [1.807, 2.05) is 32.9 Å². The summed E-state index contributed by atoms with van der Waals surface area (Å²) in [5.74, 6) is -0.158. The fourth-order valence-corrected chi connectivity index (χ4v) is 2.89. The highest BCUT2D eigenvalue weighted by atomic mass is 35.5. The summed E-state index contributed by atoms with van der Waals surface area (Å²) >= 11 is 12.1. The van der Waals surface area contributed by atoms with E-state index in [1.165, 1.54) is 0 Å². The largest absolute Gasteiger partial charge is 0.458 e. The minimum atomic E-state index is -0.504. The van der Waals surface area contributed by atoms with Crippen LogP contribution in [0, 0.1) is 5.41 Å². The zero-order chi connectivity index (χ0) is 16.4. The second kappa shape index (κ2) is 6.77. The summed E-state index contributed by atoms with van der Waals surface area (Å²) in [4.78, 5) is 12.4. The number of carbonyl (C=O) groups is 1. The van der Waals surface area contributed by atoms with Crippen LogP contribution in [-0.4, -0.2) is 24.7 Å². The Balaban J connectivity index is 2.21. The Morgan fingerprint density at radius 2 is 1.86 bits per heavy atom. The molecule has 3 nitrogen and oxygen atoms in total. The second-order valence-electron chi connectivity index (χ2n) is 7.00. The van der Waals surface area contributed by atoms with E-state index >= 15 is 0 Å². The fourth-order valence-electron chi connectivity index (χ4n) is 2.57. The van der Waals surface area contributed by atoms with E-state index < -0.39 is 11.0 Å². The topological polar surface area (TPSA) is 38.3 Å². The van der Waals surface area contributed by atoms with Crippen molar-refractivity contribution in [2.24, 2.45) is 5.41 Å². The van der Waals surface area contributed by atoms with Crippen molar-refractivity contribution in [1.29, 1.82) is 0 Å². The molecule has 5 heteroatoms. The molecule has 0 saturated carbocycles. The molecule has 0 unspecified atom stereocenters. The minimum Gasteiger partial charge on any atom is -0.458 e. The molecule has 1 fully saturated rings. The van der Waals surface area contributed by atoms with Gasteiger partial charge >= 0.3 is 5.97 Å². The predicted octanol–water partition coefficient (Wildman–Crippen LogP) is 4.25. The van der Waals surface area contributed by atoms with Crippen molar-refractivity contribution in [3.8, 4) is 0 Å². The number of halogens is 2. The van der Waals surface area contributed by atoms with Crippen LogP contribution in [0.25, 0.3) is 0 Å². The lowest BCUT2D eigenvalue weighted by Gasteiger charge is -2.39. The molecule has 0 bridgehead atoms. The number of ether oxygens (including phenoxy) is 1. The van der Waals surface area contributed by atoms with Crippen molar-refractivity contribution >= 4 is 29.2 Å². The molecule has 0 radical (unpaired) electrons. The number of carbonyl (C=O) groups excluding carboxylic acids is 1. The predicted molar refractivity (Wildman–Crippen MR) is 90.5 cm³/mol. The Labute approximate surface area is 142 Å². The Hall–Kier alpha value is -0.770. The smallest absolute Gasteiger partial charge is 0.311 e. The average molecular weight is 344 g/mol. The van der Waals surface area contributed by atoms with Crippen LogP contribution in [0.1, 0.15) is 39.2 Å². The first-order valence-corrected chi connectivity index (χ1v) is 8.36. The van der Waals surface area contributed by atoms with Gasteiger partial charge in [-0.3, -0.25) is 4.79 Å². The summed E-state index contributed by atoms with van der Waals surface area (Å²) in [6.45, 7) is 7.33. The SMILES string of the molecule is CC(C)(C)C(=O)OC1(Cc2ccc(Cl)c(Cl)c2)CCNCC1. The molecule has 0 amide bonds. The number of esters is 1. The monoisotopic (exact) mass is 343 g/mol. The Morgan fingerprint density at radius 3 is 2.41 bits per heavy atom. The zero-order valence-corrected chi connectivity index (χ0v) is 14.9. The summed E-state index contributed by atoms with van der Waals surface area (Å²) in [6, 6.07) is 5.60. The third kappa shape index (κ3) is 4.37. The molecule has 2 rings (SSSR count). The van der Waals surface area contributed by atoms with Gasteiger partial charge in [-0.15, -0.1) is 0 Å². The summed E-state index contributed by atoms with van der Waals surface area (Å²) in [6.07, 6.45) is 2.26. The van der Waals surface area contributed by atoms with E-state index in [4.69, 9.17) is 27.9 Å². The molecule has 122 valence electrons. The lowest BCUT2D eigenvalue weighted by Crippen LogP contribution is -2.48. The van der Waals surface area contributed by atoms with Crippen LogP contribution >= 0.6 is 23.2 Å². The summed E-state index contributed by atoms with van der Waals surface area (Å²) in [7, 11) is 0. The Bertz CT molecular complexity index is 546. The third-order valence-corrected chi connectivity index (χ3v) is 4.69. The van der Waals surface area contributed by atoms with E-state index in [1.54, 1.807) is 6.07 Å². The van der Waals surface area contributed by atoms with Gasteiger partial charge in [-0.2, -0.15) is 0 Å². The normalized spacial score (nSPS) is 18.0. The van der Waals surface area contributed by atoms with Crippen molar-refractivity contribution in [2.75, 3.05) is 13.1 Å². The molecule has 1 saturated heterocycles. The molecule has 1 aromatic carbocycles. The highest BCUT2D eigenvalue weighted by molar-refractivity contribution is 6.42. The number of nitrogens with one attached hydrogen (secondary N) is 1. The first kappa shape index (κ1) is 17.6. The quantitative estimate of drug-likeness (QED) is 0.833. The van der Waals surface area contributed by atoms with Crippen molar-refractivity contribution in [2.45, 2.75) is 45.6 Å². The van der Waals surface area contributed by atoms with Gasteiger partial charge in [0.15, 0.2) is 0 Å². The molecule has 1 aromatic rings. The first-order chi connectivity index (χ1) is 10.2. The lowest BCUT2D eigenvalue weighted by atomic mass is 9.85. The molecule has 0 aliphatic carbocycles. The maximum absolute atomic E-state index is 12.4. The highest BCUT2D eigenvalue weighted by Crippen LogP contribution is 2.33. The van der Waals surface area contributed by atoms with Crippen molar-refractivity contribution in [1.82, 2.24) is 5.32 Å². The molecule has 1 N–H and O–H groups in total. The van der Waals surface area contributed by atoms with Gasteiger partial charge < -0.3 is 10.1 Å². The van der Waals surface area contributed by atoms with Gasteiger partial charge in [0.1, 0.15) is 5.60 Å². The fraction of sp³-hybridized carbons (Fsp3) is 0.588. The Morgan fingerprint density at radius 1 is 1.23 bits per heavy atom. The van der Waals surface area contributed by atoms with Crippen LogP contribution in [0.3, 0.4) is 0 Å². The van der Waals surface area contributed by atoms with E-state index in [-0.39, 0.29) is 5.97 Å². The standard InChI is InChI=1S/C17H23Cl2NO2/c1-16(2,3)15(21)22-17(6-8-20-9-7-17)11-12-4-5-13(18)14(19)10-12/h4-5,10,20H,6-9,11H2,1-3H3. The number of piperidine rings is 1. The van der Waals surface area contributed by atoms with E-state index in [9.17, 15) is 4.79 Å². The molecular weight excluding hydrogens is 321 g/mol. The summed E-state index contributed by atoms with van der Waals surface area (Å²) in [5.41, 5.74) is 0.0699. The second-order valence-corrected chi connectivity index (χ2v) is 7.81. The molecule has 0 atom stereocenters. The van der Waals surface area contributed by atoms with E-state index in [2.05, 4.69) is 5.32 Å². The molecule has 0 aromatic heterocycles. The van der Waals surface area contributed by atoms with Crippen LogP contribution in [0.4, 0.5) is 0 Å². The number of hydrogen-bond acceptors (Lipinski definition) is 3. The molecule has 22 heavy (non-hydrogen) atoms. The third-order valence-electron chi connectivity index (χ3n) is 3.95. The van der Waals surface area contributed by atoms with Gasteiger partial charge in [-0.25, -0.2) is 0 Å². The van der Waals surface area contributed by atoms with Crippen LogP contribution in [0.2, 0.25) is 10.0 Å². The van der Waals surface area contributed by atoms with Crippen LogP contribution < -0.4 is 5.32 Å². The lowest BCUT2D eigenvalue weighted by molar-refractivity contribution is -0.172. The minimum absolute atomic E-state index is 0.158. The van der Waals surface area contributed by atoms with Crippen molar-refractivity contribution in [3.63, 3.8) is 0 Å². The van der Waals surface area contributed by atoms with Crippen LogP contribution in [0.15, 0.2) is 18.2 Å². The highest BCUT2D eigenvalue weighted by Gasteiger charge is 2.39. The van der Waals surface area contributed by atoms with E-state index in [0.29, 0.717) is 16.5 Å². The van der Waals surface area contributed by atoms with Gasteiger partial charge in [0.05, 0.1) is 15.5 Å². The average Bonchev–Trinajstić information content (AvgIpc) is 2.43. The number of hydrogen-bond donors (Lipinski definition) is 1. The van der Waals surface area contributed by atoms with Gasteiger partial charge in [-0.05, 0) is 51.6 Å². The Kier molecular flexibility index (Phi) is 5.41. The summed E-state index contributed by atoms with van der Waals surface area (Å²) < 4.78 is 5.96. The van der Waals surface area contributed by atoms with Gasteiger partial charge in [0.25, 0.3) is 0 Å². The van der Waals surface area contributed by atoms with Gasteiger partial charge in [0.2, 0.25) is 0 Å². The first-order valence-electron chi connectivity index (χ1n) is 7.60. The molecule has 1 heterocycles. The van der Waals surface area contributed by atoms with Gasteiger partial charge in [0, 0.05) is 19.3 Å². The maximum atomic E-state index is 12.4. The van der Waals surface area contributed by atoms with Crippen molar-refractivity contribution in [3.05, 3.63) is 33.8 Å². The summed E-state index contributed by atoms with van der Waals surface area (Å²) in [5, 5.41) is 4.39. The maximum Gasteiger partial charge on any atom is 0.311 e.